The van der Waals surface area contributed by atoms with Gasteiger partial charge in [0.1, 0.15) is 12.4 Å². The van der Waals surface area contributed by atoms with E-state index < -0.39 is 0 Å². The number of ether oxygens (including phenoxy) is 1. The van der Waals surface area contributed by atoms with Crippen molar-refractivity contribution >= 4 is 11.6 Å². The molecule has 30 heavy (non-hydrogen) atoms. The normalized spacial score (nSPS) is 11.0. The summed E-state index contributed by atoms with van der Waals surface area (Å²) in [6.45, 7) is 5.14. The van der Waals surface area contributed by atoms with Gasteiger partial charge in [-0.25, -0.2) is 9.50 Å². The van der Waals surface area contributed by atoms with Crippen LogP contribution in [0.2, 0.25) is 0 Å². The van der Waals surface area contributed by atoms with Crippen molar-refractivity contribution in [2.45, 2.75) is 19.8 Å². The van der Waals surface area contributed by atoms with E-state index in [2.05, 4.69) is 53.5 Å². The monoisotopic (exact) mass is 400 g/mol. The van der Waals surface area contributed by atoms with Gasteiger partial charge in [-0.15, -0.1) is 0 Å². The van der Waals surface area contributed by atoms with E-state index in [4.69, 9.17) is 4.74 Å². The second-order valence-corrected chi connectivity index (χ2v) is 7.36. The van der Waals surface area contributed by atoms with Crippen LogP contribution in [0, 0.1) is 0 Å². The second-order valence-electron chi connectivity index (χ2n) is 7.36. The largest absolute Gasteiger partial charge is 0.492 e. The zero-order chi connectivity index (χ0) is 20.9. The maximum Gasteiger partial charge on any atom is 0.254 e. The van der Waals surface area contributed by atoms with Gasteiger partial charge in [0.2, 0.25) is 0 Å². The minimum Gasteiger partial charge on any atom is -0.492 e. The van der Waals surface area contributed by atoms with Gasteiger partial charge in [-0.05, 0) is 29.2 Å². The molecule has 4 aromatic rings. The summed E-state index contributed by atoms with van der Waals surface area (Å²) in [5.74, 6) is 1.06. The topological polar surface area (TPSA) is 68.5 Å². The van der Waals surface area contributed by atoms with Gasteiger partial charge in [0.15, 0.2) is 5.65 Å². The summed E-state index contributed by atoms with van der Waals surface area (Å²) in [6.07, 6.45) is 5.06. The van der Waals surface area contributed by atoms with Crippen LogP contribution in [0.5, 0.6) is 5.75 Å². The maximum absolute atomic E-state index is 12.4. The Morgan fingerprint density at radius 1 is 1.07 bits per heavy atom. The molecule has 0 saturated heterocycles. The van der Waals surface area contributed by atoms with Gasteiger partial charge in [0, 0.05) is 18.0 Å². The lowest BCUT2D eigenvalue weighted by Crippen LogP contribution is -2.28. The van der Waals surface area contributed by atoms with Crippen LogP contribution in [0.25, 0.3) is 16.8 Å². The van der Waals surface area contributed by atoms with Crippen molar-refractivity contribution in [2.75, 3.05) is 13.2 Å². The van der Waals surface area contributed by atoms with Crippen LogP contribution >= 0.6 is 0 Å². The summed E-state index contributed by atoms with van der Waals surface area (Å²) >= 11 is 0. The molecule has 1 amide bonds. The van der Waals surface area contributed by atoms with E-state index in [9.17, 15) is 4.79 Å². The highest BCUT2D eigenvalue weighted by molar-refractivity contribution is 5.94. The molecule has 152 valence electrons. The van der Waals surface area contributed by atoms with Gasteiger partial charge in [-0.3, -0.25) is 4.79 Å². The summed E-state index contributed by atoms with van der Waals surface area (Å²) in [5, 5.41) is 7.23. The Balaban J connectivity index is 1.42. The minimum atomic E-state index is -0.209. The van der Waals surface area contributed by atoms with Crippen molar-refractivity contribution in [1.82, 2.24) is 19.9 Å². The lowest BCUT2D eigenvalue weighted by molar-refractivity contribution is 0.0946. The fourth-order valence-corrected chi connectivity index (χ4v) is 3.20. The molecule has 2 heterocycles. The van der Waals surface area contributed by atoms with Crippen molar-refractivity contribution in [1.29, 1.82) is 0 Å². The Bertz CT molecular complexity index is 1140. The van der Waals surface area contributed by atoms with Crippen LogP contribution < -0.4 is 10.1 Å². The molecular weight excluding hydrogens is 376 g/mol. The molecule has 0 unspecified atom stereocenters. The predicted octanol–water partition coefficient (Wildman–Crippen LogP) is 4.33. The van der Waals surface area contributed by atoms with Crippen LogP contribution in [0.4, 0.5) is 0 Å². The van der Waals surface area contributed by atoms with Crippen molar-refractivity contribution in [3.63, 3.8) is 0 Å². The molecule has 4 rings (SSSR count). The van der Waals surface area contributed by atoms with E-state index in [1.54, 1.807) is 23.1 Å². The molecule has 2 aromatic heterocycles. The number of para-hydroxylation sites is 1. The van der Waals surface area contributed by atoms with Crippen molar-refractivity contribution in [3.8, 4) is 16.9 Å². The van der Waals surface area contributed by atoms with Gasteiger partial charge >= 0.3 is 0 Å². The molecule has 0 saturated carbocycles. The third kappa shape index (κ3) is 4.33. The highest BCUT2D eigenvalue weighted by Crippen LogP contribution is 2.25. The first-order valence-corrected chi connectivity index (χ1v) is 10.0. The van der Waals surface area contributed by atoms with Crippen LogP contribution in [0.15, 0.2) is 73.2 Å². The Hall–Kier alpha value is -3.67. The SMILES string of the molecule is CC(C)c1ccc(-c2cnn3cc(C(=O)NCCOc4ccccc4)cnc23)cc1. The first-order chi connectivity index (χ1) is 14.6. The lowest BCUT2D eigenvalue weighted by Gasteiger charge is -2.08. The van der Waals surface area contributed by atoms with E-state index in [-0.39, 0.29) is 5.91 Å². The Morgan fingerprint density at radius 3 is 2.57 bits per heavy atom. The zero-order valence-corrected chi connectivity index (χ0v) is 17.1. The molecule has 0 radical (unpaired) electrons. The number of rotatable bonds is 7. The molecule has 0 atom stereocenters. The average Bonchev–Trinajstić information content (AvgIpc) is 3.20. The zero-order valence-electron chi connectivity index (χ0n) is 17.1. The van der Waals surface area contributed by atoms with Crippen LogP contribution in [0.3, 0.4) is 0 Å². The molecule has 1 N–H and O–H groups in total. The first-order valence-electron chi connectivity index (χ1n) is 10.0. The van der Waals surface area contributed by atoms with Crippen molar-refractivity contribution in [2.24, 2.45) is 0 Å². The first kappa shape index (κ1) is 19.6. The van der Waals surface area contributed by atoms with E-state index >= 15 is 0 Å². The number of amides is 1. The van der Waals surface area contributed by atoms with E-state index in [1.165, 1.54) is 5.56 Å². The lowest BCUT2D eigenvalue weighted by atomic mass is 10.00. The number of carbonyl (C=O) groups excluding carboxylic acids is 1. The number of nitrogens with zero attached hydrogens (tertiary/aromatic N) is 3. The van der Waals surface area contributed by atoms with Crippen LogP contribution in [0.1, 0.15) is 35.7 Å². The fraction of sp³-hybridized carbons (Fsp3) is 0.208. The average molecular weight is 400 g/mol. The number of carbonyl (C=O) groups is 1. The summed E-state index contributed by atoms with van der Waals surface area (Å²) in [6, 6.07) is 17.9. The molecule has 6 nitrogen and oxygen atoms in total. The van der Waals surface area contributed by atoms with E-state index in [1.807, 2.05) is 30.3 Å². The Labute approximate surface area is 175 Å². The number of fused-ring (bicyclic) bond motifs is 1. The number of benzene rings is 2. The summed E-state index contributed by atoms with van der Waals surface area (Å²) in [5.41, 5.74) is 4.45. The second kappa shape index (κ2) is 8.78. The van der Waals surface area contributed by atoms with Gasteiger partial charge in [-0.1, -0.05) is 56.3 Å². The molecule has 2 aromatic carbocycles. The third-order valence-corrected chi connectivity index (χ3v) is 4.91. The van der Waals surface area contributed by atoms with Crippen LogP contribution in [-0.4, -0.2) is 33.7 Å². The summed E-state index contributed by atoms with van der Waals surface area (Å²) < 4.78 is 7.23. The van der Waals surface area contributed by atoms with Gasteiger partial charge in [-0.2, -0.15) is 5.10 Å². The van der Waals surface area contributed by atoms with Gasteiger partial charge in [0.05, 0.1) is 18.3 Å². The van der Waals surface area contributed by atoms with E-state index in [0.29, 0.717) is 24.6 Å². The highest BCUT2D eigenvalue weighted by atomic mass is 16.5. The highest BCUT2D eigenvalue weighted by Gasteiger charge is 2.12. The third-order valence-electron chi connectivity index (χ3n) is 4.91. The number of hydrogen-bond donors (Lipinski definition) is 1. The summed E-state index contributed by atoms with van der Waals surface area (Å²) in [4.78, 5) is 16.9. The number of nitrogens with one attached hydrogen (secondary N) is 1. The van der Waals surface area contributed by atoms with Crippen molar-refractivity contribution < 1.29 is 9.53 Å². The molecule has 6 heteroatoms. The Morgan fingerprint density at radius 2 is 1.83 bits per heavy atom. The molecule has 0 spiro atoms. The van der Waals surface area contributed by atoms with Gasteiger partial charge in [0.25, 0.3) is 5.91 Å². The standard InChI is InChI=1S/C24H24N4O2/c1-17(2)18-8-10-19(11-9-18)22-15-27-28-16-20(14-26-23(22)28)24(29)25-12-13-30-21-6-4-3-5-7-21/h3-11,14-17H,12-13H2,1-2H3,(H,25,29). The number of aromatic nitrogens is 3. The molecule has 0 aliphatic rings. The summed E-state index contributed by atoms with van der Waals surface area (Å²) in [7, 11) is 0. The number of hydrogen-bond acceptors (Lipinski definition) is 4. The predicted molar refractivity (Wildman–Crippen MR) is 117 cm³/mol. The van der Waals surface area contributed by atoms with E-state index in [0.717, 1.165) is 22.5 Å². The quantitative estimate of drug-likeness (QED) is 0.469. The van der Waals surface area contributed by atoms with Crippen LogP contribution in [-0.2, 0) is 0 Å². The Kier molecular flexibility index (Phi) is 5.75. The van der Waals surface area contributed by atoms with Crippen molar-refractivity contribution in [3.05, 3.63) is 84.3 Å². The molecule has 0 aliphatic heterocycles. The maximum atomic E-state index is 12.4. The molecule has 0 fully saturated rings. The minimum absolute atomic E-state index is 0.209. The molecule has 0 aliphatic carbocycles. The smallest absolute Gasteiger partial charge is 0.254 e. The molecular formula is C24H24N4O2. The molecule has 0 bridgehead atoms. The van der Waals surface area contributed by atoms with Gasteiger partial charge < -0.3 is 10.1 Å². The fourth-order valence-electron chi connectivity index (χ4n) is 3.20.